The van der Waals surface area contributed by atoms with Gasteiger partial charge in [-0.05, 0) is 37.3 Å². The molecule has 3 aromatic rings. The molecule has 11 nitrogen and oxygen atoms in total. The number of nitrogens with one attached hydrogen (secondary N) is 1. The highest BCUT2D eigenvalue weighted by molar-refractivity contribution is 5.85. The lowest BCUT2D eigenvalue weighted by atomic mass is 10.0. The quantitative estimate of drug-likeness (QED) is 0.306. The van der Waals surface area contributed by atoms with E-state index < -0.39 is 24.5 Å². The Balaban J connectivity index is 1.45. The van der Waals surface area contributed by atoms with Crippen molar-refractivity contribution in [3.63, 3.8) is 0 Å². The monoisotopic (exact) mass is 496 g/mol. The van der Waals surface area contributed by atoms with Crippen LogP contribution in [0.5, 0.6) is 0 Å². The minimum absolute atomic E-state index is 0.155. The average Bonchev–Trinajstić information content (AvgIpc) is 3.40. The second kappa shape index (κ2) is 11.1. The van der Waals surface area contributed by atoms with Crippen molar-refractivity contribution < 1.29 is 24.5 Å². The Morgan fingerprint density at radius 2 is 1.78 bits per heavy atom. The molecule has 1 aliphatic heterocycles. The SMILES string of the molecule is CCCC(=O)[C@H]1O[C@@H](n2cnc3c(N)nc(NCCc4ccc(CCC(C)=O)cc4)nc32)[C@@H](O)C1O. The largest absolute Gasteiger partial charge is 0.387 e. The summed E-state index contributed by atoms with van der Waals surface area (Å²) in [5.74, 6) is 0.351. The van der Waals surface area contributed by atoms with Gasteiger partial charge >= 0.3 is 0 Å². The van der Waals surface area contributed by atoms with Gasteiger partial charge in [0.05, 0.1) is 6.33 Å². The zero-order valence-corrected chi connectivity index (χ0v) is 20.4. The van der Waals surface area contributed by atoms with Crippen LogP contribution < -0.4 is 11.1 Å². The molecular formula is C25H32N6O5. The summed E-state index contributed by atoms with van der Waals surface area (Å²) in [6.45, 7) is 3.99. The molecule has 4 atom stereocenters. The normalized spacial score (nSPS) is 21.7. The molecule has 1 saturated heterocycles. The van der Waals surface area contributed by atoms with Gasteiger partial charge in [0.15, 0.2) is 23.5 Å². The van der Waals surface area contributed by atoms with Crippen LogP contribution in [0.15, 0.2) is 30.6 Å². The summed E-state index contributed by atoms with van der Waals surface area (Å²) in [5, 5.41) is 24.1. The van der Waals surface area contributed by atoms with Gasteiger partial charge in [0.25, 0.3) is 0 Å². The lowest BCUT2D eigenvalue weighted by Crippen LogP contribution is -2.35. The zero-order valence-electron chi connectivity index (χ0n) is 20.4. The van der Waals surface area contributed by atoms with Crippen LogP contribution in [0, 0.1) is 0 Å². The van der Waals surface area contributed by atoms with E-state index in [4.69, 9.17) is 10.5 Å². The number of ether oxygens (including phenoxy) is 1. The maximum Gasteiger partial charge on any atom is 0.226 e. The van der Waals surface area contributed by atoms with E-state index in [2.05, 4.69) is 20.3 Å². The van der Waals surface area contributed by atoms with Gasteiger partial charge in [0, 0.05) is 19.4 Å². The van der Waals surface area contributed by atoms with Crippen molar-refractivity contribution in [3.05, 3.63) is 41.7 Å². The number of nitrogens with two attached hydrogens (primary N) is 1. The van der Waals surface area contributed by atoms with Crippen molar-refractivity contribution >= 4 is 34.5 Å². The first-order valence-corrected chi connectivity index (χ1v) is 12.1. The molecule has 0 spiro atoms. The first-order valence-electron chi connectivity index (χ1n) is 12.1. The van der Waals surface area contributed by atoms with E-state index in [0.29, 0.717) is 37.0 Å². The summed E-state index contributed by atoms with van der Waals surface area (Å²) < 4.78 is 7.21. The van der Waals surface area contributed by atoms with Crippen LogP contribution in [0.4, 0.5) is 11.8 Å². The minimum Gasteiger partial charge on any atom is -0.387 e. The number of carbonyl (C=O) groups excluding carboxylic acids is 2. The summed E-state index contributed by atoms with van der Waals surface area (Å²) in [6, 6.07) is 8.12. The first kappa shape index (κ1) is 25.7. The molecule has 0 bridgehead atoms. The summed E-state index contributed by atoms with van der Waals surface area (Å²) in [6.07, 6.45) is -0.594. The summed E-state index contributed by atoms with van der Waals surface area (Å²) in [7, 11) is 0. The van der Waals surface area contributed by atoms with Gasteiger partial charge in [0.2, 0.25) is 5.95 Å². The molecule has 0 amide bonds. The van der Waals surface area contributed by atoms with Gasteiger partial charge in [-0.1, -0.05) is 31.2 Å². The molecule has 1 aliphatic rings. The summed E-state index contributed by atoms with van der Waals surface area (Å²) >= 11 is 0. The van der Waals surface area contributed by atoms with Gasteiger partial charge in [0.1, 0.15) is 29.6 Å². The van der Waals surface area contributed by atoms with E-state index in [9.17, 15) is 19.8 Å². The number of rotatable bonds is 11. The Hall–Kier alpha value is -3.41. The number of ketones is 2. The topological polar surface area (TPSA) is 165 Å². The molecule has 36 heavy (non-hydrogen) atoms. The van der Waals surface area contributed by atoms with E-state index in [-0.39, 0.29) is 29.8 Å². The predicted molar refractivity (Wildman–Crippen MR) is 133 cm³/mol. The van der Waals surface area contributed by atoms with Crippen molar-refractivity contribution in [1.29, 1.82) is 0 Å². The number of benzene rings is 1. The molecule has 1 aromatic carbocycles. The van der Waals surface area contributed by atoms with Crippen molar-refractivity contribution in [3.8, 4) is 0 Å². The number of hydrogen-bond donors (Lipinski definition) is 4. The highest BCUT2D eigenvalue weighted by atomic mass is 16.6. The molecule has 1 fully saturated rings. The maximum atomic E-state index is 12.3. The number of Topliss-reactive ketones (excluding diaryl/α,β-unsaturated/α-hetero) is 2. The number of aliphatic hydroxyl groups excluding tert-OH is 2. The summed E-state index contributed by atoms with van der Waals surface area (Å²) in [4.78, 5) is 36.5. The fraction of sp³-hybridized carbons (Fsp3) is 0.480. The van der Waals surface area contributed by atoms with Crippen molar-refractivity contribution in [1.82, 2.24) is 19.5 Å². The van der Waals surface area contributed by atoms with Crippen LogP contribution in [0.1, 0.15) is 50.5 Å². The number of aliphatic hydroxyl groups is 2. The number of hydrogen-bond acceptors (Lipinski definition) is 10. The zero-order chi connectivity index (χ0) is 25.8. The van der Waals surface area contributed by atoms with E-state index in [0.717, 1.165) is 17.5 Å². The lowest BCUT2D eigenvalue weighted by Gasteiger charge is -2.16. The second-order valence-electron chi connectivity index (χ2n) is 9.10. The molecule has 4 rings (SSSR count). The van der Waals surface area contributed by atoms with Crippen LogP contribution in [0.25, 0.3) is 11.2 Å². The molecule has 2 aromatic heterocycles. The first-order chi connectivity index (χ1) is 17.3. The van der Waals surface area contributed by atoms with Gasteiger partial charge in [-0.15, -0.1) is 0 Å². The lowest BCUT2D eigenvalue weighted by molar-refractivity contribution is -0.135. The number of nitrogen functional groups attached to an aromatic ring is 1. The van der Waals surface area contributed by atoms with Crippen LogP contribution in [-0.2, 0) is 27.2 Å². The molecule has 0 radical (unpaired) electrons. The number of aryl methyl sites for hydroxylation is 1. The van der Waals surface area contributed by atoms with E-state index in [1.165, 1.54) is 10.9 Å². The standard InChI is InChI=1S/C25H32N6O5/c1-3-4-17(33)21-19(34)20(35)24(36-21)31-13-28-18-22(26)29-25(30-23(18)31)27-12-11-16-9-7-15(8-10-16)6-5-14(2)32/h7-10,13,19-21,24,34-35H,3-6,11-12H2,1-2H3,(H3,26,27,29,30)/t19?,20-,21+,24+/m0/s1. The van der Waals surface area contributed by atoms with Crippen LogP contribution in [0.2, 0.25) is 0 Å². The minimum atomic E-state index is -1.35. The number of imidazole rings is 1. The highest BCUT2D eigenvalue weighted by Crippen LogP contribution is 2.33. The third-order valence-electron chi connectivity index (χ3n) is 6.26. The number of anilines is 2. The van der Waals surface area contributed by atoms with Gasteiger partial charge < -0.3 is 30.8 Å². The van der Waals surface area contributed by atoms with Gasteiger partial charge in [-0.2, -0.15) is 9.97 Å². The molecule has 3 heterocycles. The molecule has 0 aliphatic carbocycles. The molecule has 1 unspecified atom stereocenters. The van der Waals surface area contributed by atoms with Crippen molar-refractivity contribution in [2.75, 3.05) is 17.6 Å². The molecule has 11 heteroatoms. The summed E-state index contributed by atoms with van der Waals surface area (Å²) in [5.41, 5.74) is 8.99. The number of aromatic nitrogens is 4. The average molecular weight is 497 g/mol. The molecule has 5 N–H and O–H groups in total. The number of fused-ring (bicyclic) bond motifs is 1. The smallest absolute Gasteiger partial charge is 0.226 e. The van der Waals surface area contributed by atoms with Crippen LogP contribution >= 0.6 is 0 Å². The maximum absolute atomic E-state index is 12.3. The van der Waals surface area contributed by atoms with Gasteiger partial charge in [-0.3, -0.25) is 9.36 Å². The van der Waals surface area contributed by atoms with Crippen LogP contribution in [-0.4, -0.2) is 66.2 Å². The Morgan fingerprint density at radius 1 is 1.08 bits per heavy atom. The third kappa shape index (κ3) is 5.53. The Kier molecular flexibility index (Phi) is 7.92. The Bertz CT molecular complexity index is 1230. The molecule has 0 saturated carbocycles. The van der Waals surface area contributed by atoms with Gasteiger partial charge in [-0.25, -0.2) is 4.98 Å². The number of carbonyl (C=O) groups is 2. The highest BCUT2D eigenvalue weighted by Gasteiger charge is 2.47. The fourth-order valence-corrected chi connectivity index (χ4v) is 4.26. The molecule has 192 valence electrons. The third-order valence-corrected chi connectivity index (χ3v) is 6.26. The van der Waals surface area contributed by atoms with E-state index in [1.807, 2.05) is 31.2 Å². The van der Waals surface area contributed by atoms with E-state index in [1.54, 1.807) is 6.92 Å². The Morgan fingerprint density at radius 3 is 2.44 bits per heavy atom. The fourth-order valence-electron chi connectivity index (χ4n) is 4.26. The number of nitrogens with zero attached hydrogens (tertiary/aromatic N) is 4. The predicted octanol–water partition coefficient (Wildman–Crippen LogP) is 1.57. The molecular weight excluding hydrogens is 464 g/mol. The van der Waals surface area contributed by atoms with Crippen LogP contribution in [0.3, 0.4) is 0 Å². The van der Waals surface area contributed by atoms with E-state index >= 15 is 0 Å². The Labute approximate surface area is 208 Å². The van der Waals surface area contributed by atoms with Crippen molar-refractivity contribution in [2.24, 2.45) is 0 Å². The van der Waals surface area contributed by atoms with Crippen molar-refractivity contribution in [2.45, 2.75) is 70.5 Å². The second-order valence-corrected chi connectivity index (χ2v) is 9.10.